The first-order valence-electron chi connectivity index (χ1n) is 10.8. The zero-order valence-electron chi connectivity index (χ0n) is 17.2. The number of halogens is 1. The van der Waals surface area contributed by atoms with Crippen LogP contribution in [0.5, 0.6) is 0 Å². The van der Waals surface area contributed by atoms with Gasteiger partial charge in [0.2, 0.25) is 0 Å². The first-order valence-corrected chi connectivity index (χ1v) is 11.2. The second kappa shape index (κ2) is 9.81. The normalized spacial score (nSPS) is 22.6. The summed E-state index contributed by atoms with van der Waals surface area (Å²) in [6.07, 6.45) is 9.80. The molecule has 0 aromatic carbocycles. The van der Waals surface area contributed by atoms with Gasteiger partial charge in [-0.05, 0) is 56.6 Å². The Morgan fingerprint density at radius 1 is 1.03 bits per heavy atom. The summed E-state index contributed by atoms with van der Waals surface area (Å²) in [4.78, 5) is 8.86. The summed E-state index contributed by atoms with van der Waals surface area (Å²) < 4.78 is 5.44. The molecular formula is C22H31ClN6O. The molecule has 1 aliphatic heterocycles. The van der Waals surface area contributed by atoms with Crippen molar-refractivity contribution in [1.82, 2.24) is 9.97 Å². The minimum absolute atomic E-state index is 0.324. The number of ether oxygens (including phenoxy) is 1. The molecule has 1 aliphatic carbocycles. The number of nitrogens with two attached hydrogens (primary N) is 2. The number of rotatable bonds is 6. The van der Waals surface area contributed by atoms with Gasteiger partial charge in [0, 0.05) is 55.4 Å². The lowest BCUT2D eigenvalue weighted by atomic mass is 9.92. The Balaban J connectivity index is 1.48. The molecule has 0 radical (unpaired) electrons. The van der Waals surface area contributed by atoms with Crippen LogP contribution in [-0.4, -0.2) is 41.8 Å². The quantitative estimate of drug-likeness (QED) is 0.549. The van der Waals surface area contributed by atoms with Gasteiger partial charge in [-0.3, -0.25) is 0 Å². The molecule has 0 amide bonds. The number of pyridine rings is 2. The third-order valence-electron chi connectivity index (χ3n) is 6.13. The van der Waals surface area contributed by atoms with E-state index in [0.29, 0.717) is 28.8 Å². The van der Waals surface area contributed by atoms with Crippen molar-refractivity contribution in [3.05, 3.63) is 29.5 Å². The number of nitrogens with zero attached hydrogens (tertiary/aromatic N) is 2. The lowest BCUT2D eigenvalue weighted by molar-refractivity contribution is 0.0699. The van der Waals surface area contributed by atoms with Crippen LogP contribution in [0.25, 0.3) is 11.1 Å². The molecule has 0 atom stereocenters. The average Bonchev–Trinajstić information content (AvgIpc) is 2.77. The molecule has 4 rings (SSSR count). The monoisotopic (exact) mass is 430 g/mol. The summed E-state index contributed by atoms with van der Waals surface area (Å²) >= 11 is 6.48. The molecule has 3 heterocycles. The van der Waals surface area contributed by atoms with Crippen molar-refractivity contribution < 1.29 is 4.74 Å². The highest BCUT2D eigenvalue weighted by atomic mass is 35.5. The van der Waals surface area contributed by atoms with E-state index in [-0.39, 0.29) is 0 Å². The summed E-state index contributed by atoms with van der Waals surface area (Å²) in [6.45, 7) is 2.52. The smallest absolute Gasteiger partial charge is 0.146 e. The van der Waals surface area contributed by atoms with Gasteiger partial charge in [0.05, 0.1) is 10.7 Å². The Morgan fingerprint density at radius 2 is 1.80 bits per heavy atom. The van der Waals surface area contributed by atoms with Gasteiger partial charge >= 0.3 is 0 Å². The lowest BCUT2D eigenvalue weighted by Gasteiger charge is -2.27. The van der Waals surface area contributed by atoms with E-state index >= 15 is 0 Å². The van der Waals surface area contributed by atoms with E-state index in [1.165, 1.54) is 0 Å². The Bertz CT molecular complexity index is 850. The molecule has 1 saturated carbocycles. The molecule has 30 heavy (non-hydrogen) atoms. The first kappa shape index (κ1) is 21.2. The van der Waals surface area contributed by atoms with Crippen LogP contribution in [0.1, 0.15) is 38.5 Å². The van der Waals surface area contributed by atoms with Crippen LogP contribution in [0.4, 0.5) is 17.3 Å². The van der Waals surface area contributed by atoms with Gasteiger partial charge in [0.25, 0.3) is 0 Å². The van der Waals surface area contributed by atoms with Crippen LogP contribution >= 0.6 is 11.6 Å². The number of aromatic nitrogens is 2. The SMILES string of the molecule is Nc1ncc(-c2cc(NC3CCC(N)CC3)ncc2Cl)cc1NCC1CCOCC1. The van der Waals surface area contributed by atoms with Crippen LogP contribution in [0.2, 0.25) is 5.02 Å². The molecule has 6 N–H and O–H groups in total. The predicted molar refractivity (Wildman–Crippen MR) is 123 cm³/mol. The Hall–Kier alpha value is -2.09. The highest BCUT2D eigenvalue weighted by Gasteiger charge is 2.19. The van der Waals surface area contributed by atoms with Gasteiger partial charge in [0.15, 0.2) is 0 Å². The van der Waals surface area contributed by atoms with Gasteiger partial charge in [-0.1, -0.05) is 11.6 Å². The van der Waals surface area contributed by atoms with E-state index in [4.69, 9.17) is 27.8 Å². The van der Waals surface area contributed by atoms with E-state index in [2.05, 4.69) is 20.6 Å². The van der Waals surface area contributed by atoms with Crippen molar-refractivity contribution in [1.29, 1.82) is 0 Å². The van der Waals surface area contributed by atoms with Crippen molar-refractivity contribution in [2.45, 2.75) is 50.6 Å². The third kappa shape index (κ3) is 5.33. The molecule has 8 heteroatoms. The fraction of sp³-hybridized carbons (Fsp3) is 0.545. The predicted octanol–water partition coefficient (Wildman–Crippen LogP) is 3.90. The molecule has 0 unspecified atom stereocenters. The molecule has 0 spiro atoms. The zero-order chi connectivity index (χ0) is 20.9. The first-order chi connectivity index (χ1) is 14.6. The van der Waals surface area contributed by atoms with E-state index in [1.807, 2.05) is 12.1 Å². The fourth-order valence-corrected chi connectivity index (χ4v) is 4.39. The van der Waals surface area contributed by atoms with Crippen molar-refractivity contribution in [2.75, 3.05) is 36.1 Å². The lowest BCUT2D eigenvalue weighted by Crippen LogP contribution is -2.33. The molecule has 2 fully saturated rings. The Morgan fingerprint density at radius 3 is 2.57 bits per heavy atom. The van der Waals surface area contributed by atoms with Crippen LogP contribution < -0.4 is 22.1 Å². The van der Waals surface area contributed by atoms with E-state index < -0.39 is 0 Å². The maximum Gasteiger partial charge on any atom is 0.146 e. The van der Waals surface area contributed by atoms with Crippen LogP contribution in [0, 0.1) is 5.92 Å². The Labute approximate surface area is 182 Å². The maximum absolute atomic E-state index is 6.48. The molecule has 2 aliphatic rings. The largest absolute Gasteiger partial charge is 0.382 e. The number of anilines is 3. The summed E-state index contributed by atoms with van der Waals surface area (Å²) in [5.41, 5.74) is 14.8. The average molecular weight is 431 g/mol. The summed E-state index contributed by atoms with van der Waals surface area (Å²) in [5.74, 6) is 1.90. The number of hydrogen-bond acceptors (Lipinski definition) is 7. The van der Waals surface area contributed by atoms with Gasteiger partial charge in [-0.2, -0.15) is 0 Å². The minimum atomic E-state index is 0.324. The second-order valence-corrected chi connectivity index (χ2v) is 8.81. The fourth-order valence-electron chi connectivity index (χ4n) is 4.18. The molecule has 2 aromatic rings. The van der Waals surface area contributed by atoms with Crippen LogP contribution in [0.3, 0.4) is 0 Å². The highest BCUT2D eigenvalue weighted by Crippen LogP contribution is 2.33. The van der Waals surface area contributed by atoms with Crippen LogP contribution in [-0.2, 0) is 4.74 Å². The molecule has 0 bridgehead atoms. The summed E-state index contributed by atoms with van der Waals surface area (Å²) in [6, 6.07) is 4.73. The van der Waals surface area contributed by atoms with E-state index in [1.54, 1.807) is 12.4 Å². The second-order valence-electron chi connectivity index (χ2n) is 8.40. The highest BCUT2D eigenvalue weighted by molar-refractivity contribution is 6.33. The van der Waals surface area contributed by atoms with Gasteiger partial charge in [-0.25, -0.2) is 9.97 Å². The third-order valence-corrected chi connectivity index (χ3v) is 6.43. The van der Waals surface area contributed by atoms with Crippen molar-refractivity contribution in [3.63, 3.8) is 0 Å². The van der Waals surface area contributed by atoms with E-state index in [0.717, 1.165) is 80.9 Å². The van der Waals surface area contributed by atoms with Gasteiger partial charge in [-0.15, -0.1) is 0 Å². The van der Waals surface area contributed by atoms with Crippen molar-refractivity contribution in [3.8, 4) is 11.1 Å². The van der Waals surface area contributed by atoms with Crippen LogP contribution in [0.15, 0.2) is 24.5 Å². The zero-order valence-corrected chi connectivity index (χ0v) is 18.0. The maximum atomic E-state index is 6.48. The van der Waals surface area contributed by atoms with Crippen molar-refractivity contribution >= 4 is 28.9 Å². The topological polar surface area (TPSA) is 111 Å². The summed E-state index contributed by atoms with van der Waals surface area (Å²) in [5, 5.41) is 7.59. The van der Waals surface area contributed by atoms with E-state index in [9.17, 15) is 0 Å². The van der Waals surface area contributed by atoms with Crippen molar-refractivity contribution in [2.24, 2.45) is 11.7 Å². The number of nitrogen functional groups attached to an aromatic ring is 1. The molecular weight excluding hydrogens is 400 g/mol. The minimum Gasteiger partial charge on any atom is -0.382 e. The Kier molecular flexibility index (Phi) is 6.92. The molecule has 162 valence electrons. The van der Waals surface area contributed by atoms with Gasteiger partial charge < -0.3 is 26.8 Å². The molecule has 2 aromatic heterocycles. The standard InChI is InChI=1S/C22H31ClN6O/c23-19-13-27-21(29-17-3-1-16(24)2-4-17)10-18(19)15-9-20(22(25)28-12-15)26-11-14-5-7-30-8-6-14/h9-10,12-14,16-17,26H,1-8,11,24H2,(H2,25,28)(H,27,29). The number of nitrogens with one attached hydrogen (secondary N) is 2. The molecule has 1 saturated heterocycles. The number of hydrogen-bond donors (Lipinski definition) is 4. The van der Waals surface area contributed by atoms with Gasteiger partial charge in [0.1, 0.15) is 11.6 Å². The molecule has 7 nitrogen and oxygen atoms in total. The summed E-state index contributed by atoms with van der Waals surface area (Å²) in [7, 11) is 0.